The molecule has 4 nitrogen and oxygen atoms in total. The van der Waals surface area contributed by atoms with Gasteiger partial charge in [-0.3, -0.25) is 4.79 Å². The monoisotopic (exact) mass is 294 g/mol. The molecule has 1 heterocycles. The first-order valence-corrected chi connectivity index (χ1v) is 7.54. The number of nitrogens with one attached hydrogen (secondary N) is 2. The SMILES string of the molecule is CC1CCNCC1NC(=O)CCCOc1ccccc1F. The van der Waals surface area contributed by atoms with Crippen LogP contribution in [0.15, 0.2) is 24.3 Å². The fourth-order valence-corrected chi connectivity index (χ4v) is 2.44. The van der Waals surface area contributed by atoms with E-state index >= 15 is 0 Å². The summed E-state index contributed by atoms with van der Waals surface area (Å²) in [7, 11) is 0. The molecule has 0 aliphatic carbocycles. The Morgan fingerprint density at radius 3 is 3.05 bits per heavy atom. The first-order chi connectivity index (χ1) is 10.2. The third-order valence-corrected chi connectivity index (χ3v) is 3.82. The molecule has 1 aromatic carbocycles. The molecule has 1 amide bonds. The molecule has 2 rings (SSSR count). The molecule has 21 heavy (non-hydrogen) atoms. The molecule has 1 aliphatic rings. The standard InChI is InChI=1S/C16H23FN2O2/c1-12-8-9-18-11-14(12)19-16(20)7-4-10-21-15-6-3-2-5-13(15)17/h2-3,5-6,12,14,18H,4,7-11H2,1H3,(H,19,20). The number of halogens is 1. The Morgan fingerprint density at radius 2 is 2.29 bits per heavy atom. The number of hydrogen-bond acceptors (Lipinski definition) is 3. The molecule has 1 aliphatic heterocycles. The molecule has 0 aromatic heterocycles. The maximum Gasteiger partial charge on any atom is 0.220 e. The Labute approximate surface area is 125 Å². The fraction of sp³-hybridized carbons (Fsp3) is 0.562. The van der Waals surface area contributed by atoms with Crippen LogP contribution in [0.3, 0.4) is 0 Å². The Balaban J connectivity index is 1.64. The second kappa shape index (κ2) is 7.98. The van der Waals surface area contributed by atoms with Crippen LogP contribution in [0.1, 0.15) is 26.2 Å². The summed E-state index contributed by atoms with van der Waals surface area (Å²) in [6.45, 7) is 4.35. The van der Waals surface area contributed by atoms with E-state index in [4.69, 9.17) is 4.74 Å². The maximum absolute atomic E-state index is 13.3. The van der Waals surface area contributed by atoms with Crippen LogP contribution in [-0.4, -0.2) is 31.6 Å². The maximum atomic E-state index is 13.3. The molecule has 116 valence electrons. The number of amides is 1. The van der Waals surface area contributed by atoms with Crippen molar-refractivity contribution >= 4 is 5.91 Å². The topological polar surface area (TPSA) is 50.4 Å². The second-order valence-corrected chi connectivity index (χ2v) is 5.53. The highest BCUT2D eigenvalue weighted by Crippen LogP contribution is 2.15. The lowest BCUT2D eigenvalue weighted by atomic mass is 9.95. The number of carbonyl (C=O) groups is 1. The quantitative estimate of drug-likeness (QED) is 0.790. The van der Waals surface area contributed by atoms with Gasteiger partial charge in [0.05, 0.1) is 6.61 Å². The smallest absolute Gasteiger partial charge is 0.220 e. The molecule has 2 unspecified atom stereocenters. The number of rotatable bonds is 6. The zero-order valence-corrected chi connectivity index (χ0v) is 12.4. The number of benzene rings is 1. The normalized spacial score (nSPS) is 21.8. The van der Waals surface area contributed by atoms with E-state index in [2.05, 4.69) is 17.6 Å². The van der Waals surface area contributed by atoms with Gasteiger partial charge in [-0.25, -0.2) is 4.39 Å². The molecule has 1 saturated heterocycles. The summed E-state index contributed by atoms with van der Waals surface area (Å²) in [5, 5.41) is 6.33. The van der Waals surface area contributed by atoms with E-state index in [0.717, 1.165) is 19.5 Å². The van der Waals surface area contributed by atoms with Crippen molar-refractivity contribution in [1.82, 2.24) is 10.6 Å². The van der Waals surface area contributed by atoms with Crippen LogP contribution in [0.5, 0.6) is 5.75 Å². The van der Waals surface area contributed by atoms with Gasteiger partial charge in [-0.1, -0.05) is 19.1 Å². The van der Waals surface area contributed by atoms with Crippen LogP contribution in [-0.2, 0) is 4.79 Å². The summed E-state index contributed by atoms with van der Waals surface area (Å²) >= 11 is 0. The van der Waals surface area contributed by atoms with Crippen LogP contribution < -0.4 is 15.4 Å². The van der Waals surface area contributed by atoms with Crippen molar-refractivity contribution in [3.05, 3.63) is 30.1 Å². The van der Waals surface area contributed by atoms with Gasteiger partial charge in [-0.05, 0) is 37.4 Å². The Hall–Kier alpha value is -1.62. The fourth-order valence-electron chi connectivity index (χ4n) is 2.44. The average Bonchev–Trinajstić information content (AvgIpc) is 2.48. The summed E-state index contributed by atoms with van der Waals surface area (Å²) < 4.78 is 18.6. The second-order valence-electron chi connectivity index (χ2n) is 5.53. The van der Waals surface area contributed by atoms with Gasteiger partial charge in [-0.2, -0.15) is 0 Å². The molecule has 0 saturated carbocycles. The lowest BCUT2D eigenvalue weighted by molar-refractivity contribution is -0.122. The molecule has 0 spiro atoms. The lowest BCUT2D eigenvalue weighted by Gasteiger charge is -2.30. The minimum Gasteiger partial charge on any atom is -0.491 e. The highest BCUT2D eigenvalue weighted by Gasteiger charge is 2.22. The first-order valence-electron chi connectivity index (χ1n) is 7.54. The van der Waals surface area contributed by atoms with Crippen LogP contribution in [0.25, 0.3) is 0 Å². The zero-order chi connectivity index (χ0) is 15.1. The molecule has 0 bridgehead atoms. The average molecular weight is 294 g/mol. The number of carbonyl (C=O) groups excluding carboxylic acids is 1. The third kappa shape index (κ3) is 5.01. The van der Waals surface area contributed by atoms with Crippen molar-refractivity contribution in [2.24, 2.45) is 5.92 Å². The Kier molecular flexibility index (Phi) is 5.99. The minimum atomic E-state index is -0.371. The summed E-state index contributed by atoms with van der Waals surface area (Å²) in [6.07, 6.45) is 2.06. The molecule has 2 N–H and O–H groups in total. The van der Waals surface area contributed by atoms with E-state index in [1.807, 2.05) is 0 Å². The van der Waals surface area contributed by atoms with Crippen molar-refractivity contribution < 1.29 is 13.9 Å². The summed E-state index contributed by atoms with van der Waals surface area (Å²) in [5.41, 5.74) is 0. The minimum absolute atomic E-state index is 0.0349. The highest BCUT2D eigenvalue weighted by atomic mass is 19.1. The predicted molar refractivity (Wildman–Crippen MR) is 79.7 cm³/mol. The van der Waals surface area contributed by atoms with Gasteiger partial charge in [0.15, 0.2) is 11.6 Å². The van der Waals surface area contributed by atoms with Gasteiger partial charge >= 0.3 is 0 Å². The van der Waals surface area contributed by atoms with E-state index in [1.165, 1.54) is 6.07 Å². The molecular formula is C16H23FN2O2. The van der Waals surface area contributed by atoms with E-state index < -0.39 is 0 Å². The van der Waals surface area contributed by atoms with Crippen LogP contribution in [0, 0.1) is 11.7 Å². The largest absolute Gasteiger partial charge is 0.491 e. The molecule has 1 aromatic rings. The predicted octanol–water partition coefficient (Wildman–Crippen LogP) is 2.10. The number of para-hydroxylation sites is 1. The van der Waals surface area contributed by atoms with E-state index in [1.54, 1.807) is 18.2 Å². The molecule has 2 atom stereocenters. The summed E-state index contributed by atoms with van der Waals surface area (Å²) in [6, 6.07) is 6.50. The van der Waals surface area contributed by atoms with Crippen LogP contribution in [0.4, 0.5) is 4.39 Å². The van der Waals surface area contributed by atoms with Gasteiger partial charge in [0.25, 0.3) is 0 Å². The van der Waals surface area contributed by atoms with Crippen molar-refractivity contribution in [3.8, 4) is 5.75 Å². The van der Waals surface area contributed by atoms with Crippen LogP contribution >= 0.6 is 0 Å². The van der Waals surface area contributed by atoms with Crippen molar-refractivity contribution in [3.63, 3.8) is 0 Å². The Morgan fingerprint density at radius 1 is 1.48 bits per heavy atom. The van der Waals surface area contributed by atoms with Crippen LogP contribution in [0.2, 0.25) is 0 Å². The molecule has 1 fully saturated rings. The summed E-state index contributed by atoms with van der Waals surface area (Å²) in [4.78, 5) is 11.9. The third-order valence-electron chi connectivity index (χ3n) is 3.82. The van der Waals surface area contributed by atoms with Gasteiger partial charge in [-0.15, -0.1) is 0 Å². The summed E-state index contributed by atoms with van der Waals surface area (Å²) in [5.74, 6) is 0.407. The van der Waals surface area contributed by atoms with Crippen molar-refractivity contribution in [2.75, 3.05) is 19.7 Å². The lowest BCUT2D eigenvalue weighted by Crippen LogP contribution is -2.50. The number of ether oxygens (including phenoxy) is 1. The number of hydrogen-bond donors (Lipinski definition) is 2. The zero-order valence-electron chi connectivity index (χ0n) is 12.4. The van der Waals surface area contributed by atoms with Crippen molar-refractivity contribution in [1.29, 1.82) is 0 Å². The van der Waals surface area contributed by atoms with Gasteiger partial charge < -0.3 is 15.4 Å². The van der Waals surface area contributed by atoms with E-state index in [0.29, 0.717) is 25.4 Å². The number of piperidine rings is 1. The van der Waals surface area contributed by atoms with E-state index in [-0.39, 0.29) is 23.5 Å². The Bertz CT molecular complexity index is 467. The molecular weight excluding hydrogens is 271 g/mol. The van der Waals surface area contributed by atoms with Gasteiger partial charge in [0.2, 0.25) is 5.91 Å². The van der Waals surface area contributed by atoms with Gasteiger partial charge in [0, 0.05) is 19.0 Å². The first kappa shape index (κ1) is 15.8. The molecule has 0 radical (unpaired) electrons. The molecule has 5 heteroatoms. The van der Waals surface area contributed by atoms with Gasteiger partial charge in [0.1, 0.15) is 0 Å². The van der Waals surface area contributed by atoms with Crippen molar-refractivity contribution in [2.45, 2.75) is 32.2 Å². The van der Waals surface area contributed by atoms with E-state index in [9.17, 15) is 9.18 Å². The highest BCUT2D eigenvalue weighted by molar-refractivity contribution is 5.76.